The number of hydrogen-bond donors (Lipinski definition) is 5. The van der Waals surface area contributed by atoms with E-state index in [-0.39, 0.29) is 103 Å². The second-order valence-electron chi connectivity index (χ2n) is 12.8. The SMILES string of the molecule is C=Cc1ccc(OCC(O)COCC(C)COCC(CO)COCC(CO)OCC(CO)C(C)COC(CO)COc2ccc(C=C)cc2)cc1. The molecule has 2 aromatic rings. The van der Waals surface area contributed by atoms with Crippen LogP contribution in [0, 0.1) is 23.7 Å². The van der Waals surface area contributed by atoms with E-state index in [1.165, 1.54) is 0 Å². The molecule has 0 aliphatic rings. The first-order valence-corrected chi connectivity index (χ1v) is 17.5. The second-order valence-corrected chi connectivity index (χ2v) is 12.8. The molecule has 0 aliphatic heterocycles. The number of aliphatic hydroxyl groups excluding tert-OH is 5. The molecule has 0 aliphatic carbocycles. The molecule has 0 radical (unpaired) electrons. The summed E-state index contributed by atoms with van der Waals surface area (Å²) in [7, 11) is 0. The Kier molecular flexibility index (Phi) is 23.3. The van der Waals surface area contributed by atoms with Gasteiger partial charge in [-0.3, -0.25) is 0 Å². The third-order valence-electron chi connectivity index (χ3n) is 8.08. The molecule has 2 rings (SSSR count). The van der Waals surface area contributed by atoms with Crippen LogP contribution in [0.2, 0.25) is 0 Å². The summed E-state index contributed by atoms with van der Waals surface area (Å²) in [6, 6.07) is 14.8. The smallest absolute Gasteiger partial charge is 0.119 e. The van der Waals surface area contributed by atoms with Crippen LogP contribution in [0.15, 0.2) is 61.7 Å². The van der Waals surface area contributed by atoms with Gasteiger partial charge in [0.05, 0.1) is 72.7 Å². The first-order chi connectivity index (χ1) is 24.7. The van der Waals surface area contributed by atoms with Gasteiger partial charge in [-0.25, -0.2) is 0 Å². The van der Waals surface area contributed by atoms with Crippen molar-refractivity contribution in [3.63, 3.8) is 0 Å². The van der Waals surface area contributed by atoms with Gasteiger partial charge in [-0.05, 0) is 41.3 Å². The van der Waals surface area contributed by atoms with Gasteiger partial charge in [0.1, 0.15) is 43.0 Å². The summed E-state index contributed by atoms with van der Waals surface area (Å²) >= 11 is 0. The molecule has 288 valence electrons. The minimum Gasteiger partial charge on any atom is -0.491 e. The van der Waals surface area contributed by atoms with Gasteiger partial charge >= 0.3 is 0 Å². The molecule has 7 unspecified atom stereocenters. The maximum atomic E-state index is 10.2. The topological polar surface area (TPSA) is 166 Å². The lowest BCUT2D eigenvalue weighted by molar-refractivity contribution is -0.0856. The molecule has 2 aromatic carbocycles. The zero-order chi connectivity index (χ0) is 37.3. The minimum atomic E-state index is -0.769. The Bertz CT molecular complexity index is 1160. The molecular weight excluding hydrogens is 660 g/mol. The molecule has 12 heteroatoms. The molecule has 5 N–H and O–H groups in total. The number of rotatable bonds is 31. The van der Waals surface area contributed by atoms with E-state index in [1.807, 2.05) is 62.4 Å². The summed E-state index contributed by atoms with van der Waals surface area (Å²) in [5.74, 6) is 0.736. The monoisotopic (exact) mass is 720 g/mol. The molecule has 0 aromatic heterocycles. The van der Waals surface area contributed by atoms with Crippen LogP contribution >= 0.6 is 0 Å². The first-order valence-electron chi connectivity index (χ1n) is 17.5. The molecule has 0 heterocycles. The van der Waals surface area contributed by atoms with Crippen LogP contribution in [0.4, 0.5) is 0 Å². The quantitative estimate of drug-likeness (QED) is 0.0775. The molecule has 51 heavy (non-hydrogen) atoms. The lowest BCUT2D eigenvalue weighted by atomic mass is 9.96. The van der Waals surface area contributed by atoms with Gasteiger partial charge in [0.15, 0.2) is 0 Å². The van der Waals surface area contributed by atoms with Crippen molar-refractivity contribution in [3.8, 4) is 11.5 Å². The highest BCUT2D eigenvalue weighted by atomic mass is 16.6. The van der Waals surface area contributed by atoms with Gasteiger partial charge in [-0.2, -0.15) is 0 Å². The van der Waals surface area contributed by atoms with E-state index in [4.69, 9.17) is 33.2 Å². The van der Waals surface area contributed by atoms with Crippen molar-refractivity contribution >= 4 is 12.2 Å². The van der Waals surface area contributed by atoms with E-state index < -0.39 is 18.3 Å². The van der Waals surface area contributed by atoms with Crippen LogP contribution in [-0.2, 0) is 23.7 Å². The van der Waals surface area contributed by atoms with Crippen LogP contribution in [0.5, 0.6) is 11.5 Å². The first kappa shape index (κ1) is 44.3. The van der Waals surface area contributed by atoms with E-state index in [1.54, 1.807) is 12.2 Å². The van der Waals surface area contributed by atoms with Gasteiger partial charge in [-0.1, -0.05) is 63.4 Å². The lowest BCUT2D eigenvalue weighted by Gasteiger charge is -2.26. The Morgan fingerprint density at radius 1 is 0.549 bits per heavy atom. The maximum absolute atomic E-state index is 10.2. The largest absolute Gasteiger partial charge is 0.491 e. The van der Waals surface area contributed by atoms with E-state index in [0.717, 1.165) is 11.1 Å². The van der Waals surface area contributed by atoms with E-state index in [0.29, 0.717) is 24.7 Å². The Morgan fingerprint density at radius 2 is 1.04 bits per heavy atom. The van der Waals surface area contributed by atoms with Gasteiger partial charge in [0.2, 0.25) is 0 Å². The van der Waals surface area contributed by atoms with Crippen molar-refractivity contribution in [1.82, 2.24) is 0 Å². The Balaban J connectivity index is 1.58. The zero-order valence-corrected chi connectivity index (χ0v) is 30.2. The summed E-state index contributed by atoms with van der Waals surface area (Å²) in [6.07, 6.45) is 1.57. The van der Waals surface area contributed by atoms with Crippen molar-refractivity contribution in [2.24, 2.45) is 23.7 Å². The summed E-state index contributed by atoms with van der Waals surface area (Å²) in [6.45, 7) is 12.8. The van der Waals surface area contributed by atoms with Crippen molar-refractivity contribution < 1.29 is 58.7 Å². The Morgan fingerprint density at radius 3 is 1.55 bits per heavy atom. The fraction of sp³-hybridized carbons (Fsp3) is 0.590. The van der Waals surface area contributed by atoms with Crippen molar-refractivity contribution in [3.05, 3.63) is 72.8 Å². The summed E-state index contributed by atoms with van der Waals surface area (Å²) in [5.41, 5.74) is 1.97. The van der Waals surface area contributed by atoms with Crippen LogP contribution in [0.3, 0.4) is 0 Å². The minimum absolute atomic E-state index is 0.0627. The zero-order valence-electron chi connectivity index (χ0n) is 30.2. The summed E-state index contributed by atoms with van der Waals surface area (Å²) in [4.78, 5) is 0. The predicted molar refractivity (Wildman–Crippen MR) is 196 cm³/mol. The number of aliphatic hydroxyl groups is 5. The second kappa shape index (κ2) is 26.8. The van der Waals surface area contributed by atoms with Gasteiger partial charge < -0.3 is 58.7 Å². The van der Waals surface area contributed by atoms with Crippen molar-refractivity contribution in [1.29, 1.82) is 0 Å². The molecule has 0 amide bonds. The molecule has 0 saturated carbocycles. The van der Waals surface area contributed by atoms with E-state index >= 15 is 0 Å². The van der Waals surface area contributed by atoms with Crippen LogP contribution < -0.4 is 9.47 Å². The number of benzene rings is 2. The average molecular weight is 721 g/mol. The highest BCUT2D eigenvalue weighted by Gasteiger charge is 2.22. The maximum Gasteiger partial charge on any atom is 0.119 e. The molecular formula is C39H60O12. The highest BCUT2D eigenvalue weighted by Crippen LogP contribution is 2.17. The summed E-state index contributed by atoms with van der Waals surface area (Å²) < 4.78 is 40.1. The predicted octanol–water partition coefficient (Wildman–Crippen LogP) is 3.09. The normalized spacial score (nSPS) is 15.7. The van der Waals surface area contributed by atoms with Gasteiger partial charge in [0.25, 0.3) is 0 Å². The fourth-order valence-electron chi connectivity index (χ4n) is 4.63. The van der Waals surface area contributed by atoms with Gasteiger partial charge in [-0.15, -0.1) is 0 Å². The molecule has 0 fully saturated rings. The van der Waals surface area contributed by atoms with Crippen LogP contribution in [-0.4, -0.2) is 136 Å². The van der Waals surface area contributed by atoms with E-state index in [2.05, 4.69) is 13.2 Å². The molecule has 7 atom stereocenters. The molecule has 0 bridgehead atoms. The Labute approximate surface area is 303 Å². The molecule has 0 saturated heterocycles. The van der Waals surface area contributed by atoms with Crippen LogP contribution in [0.25, 0.3) is 12.2 Å². The average Bonchev–Trinajstić information content (AvgIpc) is 3.16. The number of hydrogen-bond acceptors (Lipinski definition) is 12. The standard InChI is InChI=1S/C39H60O12/c1-5-31-7-11-36(12-8-31)50-26-35(44)25-46-20-29(3)19-45-22-33(15-40)23-47-27-38(17-42)49-24-34(16-41)30(4)21-48-39(18-43)28-51-37-13-9-32(6-2)10-14-37/h5-14,29-30,33-35,38-44H,1-2,15-28H2,3-4H3. The fourth-order valence-corrected chi connectivity index (χ4v) is 4.63. The third-order valence-corrected chi connectivity index (χ3v) is 8.08. The van der Waals surface area contributed by atoms with Gasteiger partial charge in [0, 0.05) is 24.4 Å². The number of ether oxygens (including phenoxy) is 7. The lowest BCUT2D eigenvalue weighted by Crippen LogP contribution is -2.34. The van der Waals surface area contributed by atoms with Crippen molar-refractivity contribution in [2.45, 2.75) is 32.2 Å². The molecule has 0 spiro atoms. The summed E-state index contributed by atoms with van der Waals surface area (Å²) in [5, 5.41) is 49.5. The highest BCUT2D eigenvalue weighted by molar-refractivity contribution is 5.48. The molecule has 12 nitrogen and oxygen atoms in total. The van der Waals surface area contributed by atoms with Crippen molar-refractivity contribution in [2.75, 3.05) is 92.5 Å². The third kappa shape index (κ3) is 19.0. The van der Waals surface area contributed by atoms with Crippen LogP contribution in [0.1, 0.15) is 25.0 Å². The Hall–Kier alpha value is -2.88. The van der Waals surface area contributed by atoms with E-state index in [9.17, 15) is 25.5 Å².